The van der Waals surface area contributed by atoms with Crippen LogP contribution in [-0.4, -0.2) is 12.2 Å². The van der Waals surface area contributed by atoms with Gasteiger partial charge in [0.25, 0.3) is 0 Å². The average molecular weight is 427 g/mol. The van der Waals surface area contributed by atoms with Gasteiger partial charge in [-0.1, -0.05) is 31.2 Å². The highest BCUT2D eigenvalue weighted by molar-refractivity contribution is 6.12. The molecule has 1 aliphatic heterocycles. The molecule has 0 amide bonds. The van der Waals surface area contributed by atoms with Crippen LogP contribution in [0.2, 0.25) is 0 Å². The van der Waals surface area contributed by atoms with Gasteiger partial charge in [-0.25, -0.2) is 4.79 Å². The van der Waals surface area contributed by atoms with E-state index in [2.05, 4.69) is 4.99 Å². The normalized spacial score (nSPS) is 19.0. The van der Waals surface area contributed by atoms with Crippen LogP contribution < -0.4 is 4.74 Å². The summed E-state index contributed by atoms with van der Waals surface area (Å²) in [5.74, 6) is -1.69. The molecule has 2 aromatic rings. The van der Waals surface area contributed by atoms with Gasteiger partial charge in [-0.15, -0.1) is 0 Å². The number of esters is 1. The average Bonchev–Trinajstić information content (AvgIpc) is 3.13. The van der Waals surface area contributed by atoms with E-state index in [1.54, 1.807) is 6.92 Å². The zero-order chi connectivity index (χ0) is 22.2. The fraction of sp³-hybridized carbons (Fsp3) is 0.238. The van der Waals surface area contributed by atoms with Crippen LogP contribution in [0.4, 0.5) is 26.3 Å². The Kier molecular flexibility index (Phi) is 5.49. The van der Waals surface area contributed by atoms with Gasteiger partial charge in [0.15, 0.2) is 0 Å². The molecule has 0 saturated heterocycles. The van der Waals surface area contributed by atoms with Crippen molar-refractivity contribution in [2.45, 2.75) is 31.2 Å². The lowest BCUT2D eigenvalue weighted by Crippen LogP contribution is -2.19. The Morgan fingerprint density at radius 1 is 0.967 bits per heavy atom. The van der Waals surface area contributed by atoms with Crippen LogP contribution in [0.3, 0.4) is 0 Å². The van der Waals surface area contributed by atoms with Crippen LogP contribution in [0.15, 0.2) is 65.2 Å². The summed E-state index contributed by atoms with van der Waals surface area (Å²) in [7, 11) is 0. The van der Waals surface area contributed by atoms with Crippen molar-refractivity contribution in [2.24, 2.45) is 4.99 Å². The van der Waals surface area contributed by atoms with Gasteiger partial charge in [-0.3, -0.25) is 4.99 Å². The van der Waals surface area contributed by atoms with Crippen molar-refractivity contribution < 1.29 is 35.9 Å². The third-order valence-electron chi connectivity index (χ3n) is 4.71. The molecule has 2 aromatic carbocycles. The van der Waals surface area contributed by atoms with Gasteiger partial charge >= 0.3 is 18.3 Å². The first-order chi connectivity index (χ1) is 14.0. The van der Waals surface area contributed by atoms with Gasteiger partial charge in [-0.05, 0) is 42.3 Å². The minimum Gasteiger partial charge on any atom is -0.422 e. The molecule has 0 bridgehead atoms. The molecule has 9 heteroatoms. The molecule has 0 saturated carbocycles. The zero-order valence-electron chi connectivity index (χ0n) is 15.5. The zero-order valence-corrected chi connectivity index (χ0v) is 15.5. The second-order valence-electron chi connectivity index (χ2n) is 6.59. The Labute approximate surface area is 167 Å². The quantitative estimate of drug-likeness (QED) is 0.344. The number of rotatable bonds is 4. The summed E-state index contributed by atoms with van der Waals surface area (Å²) in [6.07, 6.45) is -6.35. The molecule has 30 heavy (non-hydrogen) atoms. The summed E-state index contributed by atoms with van der Waals surface area (Å²) in [5.41, 5.74) is -2.71. The van der Waals surface area contributed by atoms with Gasteiger partial charge in [0.2, 0.25) is 0 Å². The summed E-state index contributed by atoms with van der Waals surface area (Å²) in [6.45, 7) is 1.72. The van der Waals surface area contributed by atoms with Crippen molar-refractivity contribution in [1.29, 1.82) is 0 Å². The van der Waals surface area contributed by atoms with Crippen LogP contribution in [0.25, 0.3) is 0 Å². The topological polar surface area (TPSA) is 38.7 Å². The molecule has 0 aromatic heterocycles. The maximum Gasteiger partial charge on any atom is 0.419 e. The molecular formula is C21H15F6NO2. The van der Waals surface area contributed by atoms with E-state index in [-0.39, 0.29) is 5.57 Å². The maximum atomic E-state index is 13.1. The number of carbonyl (C=O) groups is 1. The number of ether oxygens (including phenoxy) is 1. The van der Waals surface area contributed by atoms with E-state index in [1.807, 2.05) is 0 Å². The molecular weight excluding hydrogens is 412 g/mol. The Bertz CT molecular complexity index is 1010. The number of aliphatic imine (C=N–C) groups is 1. The van der Waals surface area contributed by atoms with Crippen LogP contribution in [0, 0.1) is 0 Å². The van der Waals surface area contributed by atoms with E-state index < -0.39 is 40.7 Å². The maximum absolute atomic E-state index is 13.1. The highest BCUT2D eigenvalue weighted by Gasteiger charge is 2.37. The van der Waals surface area contributed by atoms with E-state index in [9.17, 15) is 31.1 Å². The van der Waals surface area contributed by atoms with Crippen LogP contribution in [0.1, 0.15) is 30.0 Å². The lowest BCUT2D eigenvalue weighted by Gasteiger charge is -2.23. The number of benzene rings is 2. The smallest absolute Gasteiger partial charge is 0.419 e. The third-order valence-corrected chi connectivity index (χ3v) is 4.71. The minimum absolute atomic E-state index is 0.0891. The van der Waals surface area contributed by atoms with Crippen molar-refractivity contribution in [1.82, 2.24) is 0 Å². The molecule has 1 atom stereocenters. The lowest BCUT2D eigenvalue weighted by molar-refractivity contribution is -0.141. The summed E-state index contributed by atoms with van der Waals surface area (Å²) in [4.78, 5) is 16.7. The molecule has 0 spiro atoms. The Morgan fingerprint density at radius 2 is 1.60 bits per heavy atom. The molecule has 0 aliphatic carbocycles. The van der Waals surface area contributed by atoms with E-state index in [4.69, 9.17) is 4.74 Å². The molecule has 1 aliphatic rings. The van der Waals surface area contributed by atoms with E-state index in [0.717, 1.165) is 30.5 Å². The number of hydrogen-bond acceptors (Lipinski definition) is 3. The Hall–Kier alpha value is -3.10. The van der Waals surface area contributed by atoms with Crippen molar-refractivity contribution in [3.05, 3.63) is 76.9 Å². The lowest BCUT2D eigenvalue weighted by atomic mass is 9.87. The van der Waals surface area contributed by atoms with Crippen molar-refractivity contribution in [3.63, 3.8) is 0 Å². The van der Waals surface area contributed by atoms with Gasteiger partial charge in [0, 0.05) is 6.21 Å². The predicted octanol–water partition coefficient (Wildman–Crippen LogP) is 5.95. The molecule has 158 valence electrons. The molecule has 3 nitrogen and oxygen atoms in total. The van der Waals surface area contributed by atoms with E-state index in [0.29, 0.717) is 12.0 Å². The Balaban J connectivity index is 1.87. The van der Waals surface area contributed by atoms with Crippen LogP contribution >= 0.6 is 0 Å². The van der Waals surface area contributed by atoms with Gasteiger partial charge in [0.05, 0.1) is 16.7 Å². The van der Waals surface area contributed by atoms with Gasteiger partial charge in [-0.2, -0.15) is 26.3 Å². The van der Waals surface area contributed by atoms with Gasteiger partial charge in [0.1, 0.15) is 11.3 Å². The summed E-state index contributed by atoms with van der Waals surface area (Å²) >= 11 is 0. The number of alkyl halides is 6. The molecule has 0 N–H and O–H groups in total. The first-order valence-corrected chi connectivity index (χ1v) is 8.80. The fourth-order valence-electron chi connectivity index (χ4n) is 3.08. The molecule has 1 heterocycles. The summed E-state index contributed by atoms with van der Waals surface area (Å²) < 4.78 is 82.5. The molecule has 1 unspecified atom stereocenters. The number of para-hydroxylation sites is 1. The largest absolute Gasteiger partial charge is 0.422 e. The molecule has 0 radical (unpaired) electrons. The highest BCUT2D eigenvalue weighted by atomic mass is 19.4. The second-order valence-corrected chi connectivity index (χ2v) is 6.59. The van der Waals surface area contributed by atoms with Crippen molar-refractivity contribution >= 4 is 12.2 Å². The number of nitrogens with zero attached hydrogens (tertiary/aromatic N) is 1. The van der Waals surface area contributed by atoms with Crippen LogP contribution in [-0.2, 0) is 22.7 Å². The predicted molar refractivity (Wildman–Crippen MR) is 97.1 cm³/mol. The first-order valence-electron chi connectivity index (χ1n) is 8.80. The van der Waals surface area contributed by atoms with Crippen LogP contribution in [0.5, 0.6) is 5.75 Å². The monoisotopic (exact) mass is 427 g/mol. The number of carbonyl (C=O) groups excluding carboxylic acids is 1. The molecule has 3 rings (SSSR count). The van der Waals surface area contributed by atoms with Crippen molar-refractivity contribution in [2.75, 3.05) is 0 Å². The molecule has 0 fully saturated rings. The number of hydrogen-bond donors (Lipinski definition) is 0. The van der Waals surface area contributed by atoms with E-state index >= 15 is 0 Å². The Morgan fingerprint density at radius 3 is 2.17 bits per heavy atom. The number of halogens is 6. The second kappa shape index (κ2) is 7.62. The third kappa shape index (κ3) is 4.24. The van der Waals surface area contributed by atoms with E-state index in [1.165, 1.54) is 30.3 Å². The minimum atomic E-state index is -4.71. The fourth-order valence-corrected chi connectivity index (χ4v) is 3.08. The SMILES string of the molecule is CCC1(c2ccc(C(F)(F)F)cc2)C=C(C(=O)Oc2ccccc2C(F)(F)F)C=N1. The highest BCUT2D eigenvalue weighted by Crippen LogP contribution is 2.39. The first kappa shape index (κ1) is 21.6. The standard InChI is InChI=1S/C21H15F6NO2/c1-2-19(14-7-9-15(10-8-14)20(22,23)24)11-13(12-28-19)18(29)30-17-6-4-3-5-16(17)21(25,26)27/h3-12H,2H2,1H3. The van der Waals surface area contributed by atoms with Gasteiger partial charge < -0.3 is 4.74 Å². The summed E-state index contributed by atoms with van der Waals surface area (Å²) in [6, 6.07) is 8.62. The summed E-state index contributed by atoms with van der Waals surface area (Å²) in [5, 5.41) is 0. The van der Waals surface area contributed by atoms with Crippen molar-refractivity contribution in [3.8, 4) is 5.75 Å².